The van der Waals surface area contributed by atoms with Crippen LogP contribution in [0.3, 0.4) is 0 Å². The van der Waals surface area contributed by atoms with Crippen molar-refractivity contribution < 1.29 is 0 Å². The molecular formula is C15H20N4. The number of rotatable bonds is 5. The molecule has 0 spiro atoms. The topological polar surface area (TPSA) is 55.0 Å². The minimum Gasteiger partial charge on any atom is -0.330 e. The quantitative estimate of drug-likeness (QED) is 0.893. The maximum atomic E-state index is 5.63. The van der Waals surface area contributed by atoms with Crippen molar-refractivity contribution in [3.05, 3.63) is 47.8 Å². The Hall–Kier alpha value is -1.94. The molecule has 4 heteroatoms. The molecule has 0 atom stereocenters. The average molecular weight is 256 g/mol. The van der Waals surface area contributed by atoms with Crippen LogP contribution < -0.4 is 10.6 Å². The zero-order valence-electron chi connectivity index (χ0n) is 11.5. The lowest BCUT2D eigenvalue weighted by atomic mass is 10.2. The molecule has 0 aliphatic carbocycles. The van der Waals surface area contributed by atoms with Crippen molar-refractivity contribution in [1.29, 1.82) is 0 Å². The summed E-state index contributed by atoms with van der Waals surface area (Å²) in [7, 11) is 0. The zero-order chi connectivity index (χ0) is 13.7. The van der Waals surface area contributed by atoms with Crippen LogP contribution >= 0.6 is 0 Å². The lowest BCUT2D eigenvalue weighted by Crippen LogP contribution is -2.23. The van der Waals surface area contributed by atoms with Crippen molar-refractivity contribution in [2.45, 2.75) is 20.3 Å². The van der Waals surface area contributed by atoms with Gasteiger partial charge in [0.2, 0.25) is 5.95 Å². The number of hydrogen-bond donors (Lipinski definition) is 1. The number of aromatic nitrogens is 2. The van der Waals surface area contributed by atoms with E-state index in [2.05, 4.69) is 46.1 Å². The van der Waals surface area contributed by atoms with Gasteiger partial charge >= 0.3 is 0 Å². The van der Waals surface area contributed by atoms with Crippen LogP contribution in [-0.4, -0.2) is 23.1 Å². The molecule has 0 unspecified atom stereocenters. The molecule has 1 aromatic heterocycles. The van der Waals surface area contributed by atoms with Gasteiger partial charge in [0, 0.05) is 24.1 Å². The maximum absolute atomic E-state index is 5.63. The van der Waals surface area contributed by atoms with Gasteiger partial charge in [-0.25, -0.2) is 9.97 Å². The molecule has 0 fully saturated rings. The van der Waals surface area contributed by atoms with Crippen LogP contribution in [0.5, 0.6) is 0 Å². The standard InChI is InChI=1S/C15H20N4/c1-12-5-3-6-14(11-12)19(10-4-8-16)15-17-9-7-13(2)18-15/h3,5-7,9,11H,4,8,10,16H2,1-2H3. The molecule has 0 radical (unpaired) electrons. The average Bonchev–Trinajstić information content (AvgIpc) is 2.39. The molecule has 2 N–H and O–H groups in total. The van der Waals surface area contributed by atoms with E-state index in [-0.39, 0.29) is 0 Å². The fourth-order valence-electron chi connectivity index (χ4n) is 1.96. The van der Waals surface area contributed by atoms with Crippen LogP contribution in [0.2, 0.25) is 0 Å². The number of anilines is 2. The van der Waals surface area contributed by atoms with Gasteiger partial charge in [-0.15, -0.1) is 0 Å². The van der Waals surface area contributed by atoms with Crippen LogP contribution in [0.1, 0.15) is 17.7 Å². The first-order valence-electron chi connectivity index (χ1n) is 6.54. The van der Waals surface area contributed by atoms with E-state index in [1.165, 1.54) is 5.56 Å². The van der Waals surface area contributed by atoms with E-state index in [0.29, 0.717) is 6.54 Å². The Labute approximate surface area is 114 Å². The summed E-state index contributed by atoms with van der Waals surface area (Å²) in [5.41, 5.74) is 8.93. The molecule has 2 rings (SSSR count). The molecule has 0 aliphatic heterocycles. The second-order valence-corrected chi connectivity index (χ2v) is 4.63. The Morgan fingerprint density at radius 2 is 2.05 bits per heavy atom. The highest BCUT2D eigenvalue weighted by molar-refractivity contribution is 5.58. The van der Waals surface area contributed by atoms with Gasteiger partial charge in [-0.2, -0.15) is 0 Å². The van der Waals surface area contributed by atoms with Gasteiger partial charge in [-0.05, 0) is 50.6 Å². The minimum absolute atomic E-state index is 0.661. The first kappa shape index (κ1) is 13.5. The van der Waals surface area contributed by atoms with E-state index in [4.69, 9.17) is 5.73 Å². The zero-order valence-corrected chi connectivity index (χ0v) is 11.5. The van der Waals surface area contributed by atoms with Crippen molar-refractivity contribution in [3.8, 4) is 0 Å². The van der Waals surface area contributed by atoms with Crippen LogP contribution in [-0.2, 0) is 0 Å². The molecule has 19 heavy (non-hydrogen) atoms. The number of nitrogens with zero attached hydrogens (tertiary/aromatic N) is 3. The monoisotopic (exact) mass is 256 g/mol. The summed E-state index contributed by atoms with van der Waals surface area (Å²) in [6.07, 6.45) is 2.70. The van der Waals surface area contributed by atoms with Gasteiger partial charge in [0.05, 0.1) is 0 Å². The van der Waals surface area contributed by atoms with Crippen molar-refractivity contribution in [2.24, 2.45) is 5.73 Å². The van der Waals surface area contributed by atoms with Crippen LogP contribution in [0, 0.1) is 13.8 Å². The highest BCUT2D eigenvalue weighted by Gasteiger charge is 2.11. The third-order valence-electron chi connectivity index (χ3n) is 2.92. The molecular weight excluding hydrogens is 236 g/mol. The number of nitrogens with two attached hydrogens (primary N) is 1. The van der Waals surface area contributed by atoms with Crippen molar-refractivity contribution in [2.75, 3.05) is 18.0 Å². The van der Waals surface area contributed by atoms with Crippen LogP contribution in [0.4, 0.5) is 11.6 Å². The van der Waals surface area contributed by atoms with E-state index in [1.54, 1.807) is 6.20 Å². The van der Waals surface area contributed by atoms with Gasteiger partial charge in [-0.3, -0.25) is 0 Å². The molecule has 0 aliphatic rings. The summed E-state index contributed by atoms with van der Waals surface area (Å²) >= 11 is 0. The molecule has 1 heterocycles. The van der Waals surface area contributed by atoms with Gasteiger partial charge in [0.25, 0.3) is 0 Å². The molecule has 2 aromatic rings. The molecule has 0 bridgehead atoms. The fraction of sp³-hybridized carbons (Fsp3) is 0.333. The molecule has 4 nitrogen and oxygen atoms in total. The van der Waals surface area contributed by atoms with Gasteiger partial charge < -0.3 is 10.6 Å². The van der Waals surface area contributed by atoms with E-state index >= 15 is 0 Å². The Morgan fingerprint density at radius 3 is 2.74 bits per heavy atom. The summed E-state index contributed by atoms with van der Waals surface area (Å²) in [6.45, 7) is 5.54. The largest absolute Gasteiger partial charge is 0.330 e. The maximum Gasteiger partial charge on any atom is 0.230 e. The minimum atomic E-state index is 0.661. The predicted octanol–water partition coefficient (Wildman–Crippen LogP) is 2.58. The van der Waals surface area contributed by atoms with E-state index in [1.807, 2.05) is 13.0 Å². The fourth-order valence-corrected chi connectivity index (χ4v) is 1.96. The Morgan fingerprint density at radius 1 is 1.21 bits per heavy atom. The van der Waals surface area contributed by atoms with Gasteiger partial charge in [-0.1, -0.05) is 12.1 Å². The Kier molecular flexibility index (Phi) is 4.47. The molecule has 0 saturated carbocycles. The lowest BCUT2D eigenvalue weighted by Gasteiger charge is -2.23. The van der Waals surface area contributed by atoms with Crippen molar-refractivity contribution >= 4 is 11.6 Å². The highest BCUT2D eigenvalue weighted by atomic mass is 15.2. The second-order valence-electron chi connectivity index (χ2n) is 4.63. The smallest absolute Gasteiger partial charge is 0.230 e. The number of benzene rings is 1. The Balaban J connectivity index is 2.35. The summed E-state index contributed by atoms with van der Waals surface area (Å²) in [6, 6.07) is 10.3. The van der Waals surface area contributed by atoms with E-state index < -0.39 is 0 Å². The first-order valence-corrected chi connectivity index (χ1v) is 6.54. The summed E-state index contributed by atoms with van der Waals surface area (Å²) in [5, 5.41) is 0. The van der Waals surface area contributed by atoms with Gasteiger partial charge in [0.15, 0.2) is 0 Å². The highest BCUT2D eigenvalue weighted by Crippen LogP contribution is 2.23. The van der Waals surface area contributed by atoms with Crippen molar-refractivity contribution in [3.63, 3.8) is 0 Å². The lowest BCUT2D eigenvalue weighted by molar-refractivity contribution is 0.797. The second kappa shape index (κ2) is 6.29. The van der Waals surface area contributed by atoms with E-state index in [9.17, 15) is 0 Å². The third kappa shape index (κ3) is 3.51. The van der Waals surface area contributed by atoms with E-state index in [0.717, 1.165) is 30.3 Å². The third-order valence-corrected chi connectivity index (χ3v) is 2.92. The molecule has 0 amide bonds. The molecule has 100 valence electrons. The first-order chi connectivity index (χ1) is 9.20. The van der Waals surface area contributed by atoms with Crippen molar-refractivity contribution in [1.82, 2.24) is 9.97 Å². The summed E-state index contributed by atoms with van der Waals surface area (Å²) in [5.74, 6) is 0.735. The SMILES string of the molecule is Cc1cccc(N(CCCN)c2nccc(C)n2)c1. The predicted molar refractivity (Wildman–Crippen MR) is 78.6 cm³/mol. The van der Waals surface area contributed by atoms with Crippen LogP contribution in [0.25, 0.3) is 0 Å². The molecule has 1 aromatic carbocycles. The Bertz CT molecular complexity index is 494. The summed E-state index contributed by atoms with van der Waals surface area (Å²) < 4.78 is 0. The normalized spacial score (nSPS) is 10.5. The molecule has 0 saturated heterocycles. The van der Waals surface area contributed by atoms with Gasteiger partial charge in [0.1, 0.15) is 0 Å². The van der Waals surface area contributed by atoms with Crippen LogP contribution in [0.15, 0.2) is 36.5 Å². The summed E-state index contributed by atoms with van der Waals surface area (Å²) in [4.78, 5) is 11.0. The number of hydrogen-bond acceptors (Lipinski definition) is 4. The number of aryl methyl sites for hydroxylation is 2.